The lowest BCUT2D eigenvalue weighted by molar-refractivity contribution is -0.142. The number of aliphatic carboxylic acids is 1. The van der Waals surface area contributed by atoms with Crippen molar-refractivity contribution >= 4 is 35.6 Å². The molecule has 0 fully saturated rings. The van der Waals surface area contributed by atoms with Crippen LogP contribution in [0, 0.1) is 5.92 Å². The van der Waals surface area contributed by atoms with Gasteiger partial charge in [-0.05, 0) is 31.6 Å². The maximum absolute atomic E-state index is 12.7. The molecule has 15 nitrogen and oxygen atoms in total. The van der Waals surface area contributed by atoms with Crippen molar-refractivity contribution in [2.24, 2.45) is 33.8 Å². The first-order valence-corrected chi connectivity index (χ1v) is 11.1. The van der Waals surface area contributed by atoms with Crippen LogP contribution in [-0.2, 0) is 24.0 Å². The second kappa shape index (κ2) is 16.2. The van der Waals surface area contributed by atoms with Gasteiger partial charge in [0.15, 0.2) is 5.96 Å². The summed E-state index contributed by atoms with van der Waals surface area (Å²) in [7, 11) is 0. The molecule has 0 aromatic carbocycles. The molecule has 13 N–H and O–H groups in total. The van der Waals surface area contributed by atoms with E-state index in [2.05, 4.69) is 20.9 Å². The largest absolute Gasteiger partial charge is 0.480 e. The zero-order chi connectivity index (χ0) is 27.1. The average molecular weight is 503 g/mol. The number of hydrogen-bond acceptors (Lipinski definition) is 8. The molecule has 0 spiro atoms. The smallest absolute Gasteiger partial charge is 0.326 e. The van der Waals surface area contributed by atoms with Gasteiger partial charge >= 0.3 is 5.97 Å². The molecule has 0 bridgehead atoms. The maximum Gasteiger partial charge on any atom is 0.326 e. The minimum atomic E-state index is -1.43. The van der Waals surface area contributed by atoms with Gasteiger partial charge in [-0.1, -0.05) is 13.8 Å². The van der Waals surface area contributed by atoms with Crippen LogP contribution in [0.3, 0.4) is 0 Å². The van der Waals surface area contributed by atoms with Gasteiger partial charge in [0.2, 0.25) is 23.6 Å². The van der Waals surface area contributed by atoms with Crippen LogP contribution in [0.4, 0.5) is 0 Å². The number of aliphatic hydroxyl groups is 1. The minimum absolute atomic E-state index is 0.0165. The van der Waals surface area contributed by atoms with E-state index >= 15 is 0 Å². The van der Waals surface area contributed by atoms with Gasteiger partial charge in [0.1, 0.15) is 18.1 Å². The molecule has 0 saturated carbocycles. The fourth-order valence-electron chi connectivity index (χ4n) is 2.95. The molecule has 0 aliphatic heterocycles. The summed E-state index contributed by atoms with van der Waals surface area (Å²) in [6, 6.07) is -5.04. The molecular weight excluding hydrogens is 464 g/mol. The number of carboxylic acid groups (broad SMARTS) is 1. The maximum atomic E-state index is 12.7. The number of nitrogens with two attached hydrogens (primary N) is 4. The minimum Gasteiger partial charge on any atom is -0.480 e. The molecule has 0 aromatic heterocycles. The van der Waals surface area contributed by atoms with E-state index in [0.29, 0.717) is 6.42 Å². The summed E-state index contributed by atoms with van der Waals surface area (Å²) < 4.78 is 0. The first kappa shape index (κ1) is 31.5. The van der Waals surface area contributed by atoms with E-state index < -0.39 is 60.4 Å². The first-order chi connectivity index (χ1) is 16.3. The van der Waals surface area contributed by atoms with E-state index in [0.717, 1.165) is 0 Å². The van der Waals surface area contributed by atoms with Gasteiger partial charge in [-0.3, -0.25) is 24.2 Å². The van der Waals surface area contributed by atoms with Crippen LogP contribution in [0.5, 0.6) is 0 Å². The summed E-state index contributed by atoms with van der Waals surface area (Å²) in [6.45, 7) is 3.06. The third-order valence-corrected chi connectivity index (χ3v) is 4.75. The van der Waals surface area contributed by atoms with Crippen molar-refractivity contribution in [2.45, 2.75) is 70.1 Å². The number of carboxylic acids is 1. The Hall–Kier alpha value is -3.46. The number of aliphatic hydroxyl groups excluding tert-OH is 1. The molecule has 15 heteroatoms. The van der Waals surface area contributed by atoms with E-state index in [-0.39, 0.29) is 44.1 Å². The molecule has 0 radical (unpaired) electrons. The van der Waals surface area contributed by atoms with Gasteiger partial charge in [-0.2, -0.15) is 0 Å². The van der Waals surface area contributed by atoms with Crippen LogP contribution in [-0.4, -0.2) is 83.1 Å². The van der Waals surface area contributed by atoms with Gasteiger partial charge in [-0.25, -0.2) is 4.79 Å². The zero-order valence-electron chi connectivity index (χ0n) is 20.0. The van der Waals surface area contributed by atoms with E-state index in [1.54, 1.807) is 0 Å². The number of carbonyl (C=O) groups is 5. The van der Waals surface area contributed by atoms with Crippen molar-refractivity contribution in [3.63, 3.8) is 0 Å². The number of primary amides is 1. The SMILES string of the molecule is CC(C)CC(N)C(=O)NC(CO)C(=O)NC(CCC(N)=O)C(=O)NC(CCCN=C(N)N)C(=O)O. The lowest BCUT2D eigenvalue weighted by Crippen LogP contribution is -2.58. The summed E-state index contributed by atoms with van der Waals surface area (Å²) in [4.78, 5) is 64.1. The Balaban J connectivity index is 5.32. The molecule has 0 saturated heterocycles. The van der Waals surface area contributed by atoms with E-state index in [9.17, 15) is 34.2 Å². The summed E-state index contributed by atoms with van der Waals surface area (Å²) in [5, 5.41) is 25.9. The number of amides is 4. The topological polar surface area (TPSA) is 278 Å². The van der Waals surface area contributed by atoms with Gasteiger partial charge in [-0.15, -0.1) is 0 Å². The van der Waals surface area contributed by atoms with Gasteiger partial charge in [0.05, 0.1) is 12.6 Å². The molecule has 0 aliphatic rings. The van der Waals surface area contributed by atoms with Crippen LogP contribution < -0.4 is 38.9 Å². The van der Waals surface area contributed by atoms with Crippen LogP contribution in [0.25, 0.3) is 0 Å². The number of guanidine groups is 1. The second-order valence-electron chi connectivity index (χ2n) is 8.39. The van der Waals surface area contributed by atoms with Crippen molar-refractivity contribution in [1.29, 1.82) is 0 Å². The summed E-state index contributed by atoms with van der Waals surface area (Å²) in [5.41, 5.74) is 21.3. The van der Waals surface area contributed by atoms with Crippen molar-refractivity contribution in [3.8, 4) is 0 Å². The second-order valence-corrected chi connectivity index (χ2v) is 8.39. The lowest BCUT2D eigenvalue weighted by Gasteiger charge is -2.24. The molecule has 0 aromatic rings. The van der Waals surface area contributed by atoms with Crippen LogP contribution in [0.15, 0.2) is 4.99 Å². The van der Waals surface area contributed by atoms with E-state index in [4.69, 9.17) is 22.9 Å². The summed E-state index contributed by atoms with van der Waals surface area (Å²) in [5.74, 6) is -4.63. The Morgan fingerprint density at radius 3 is 1.89 bits per heavy atom. The highest BCUT2D eigenvalue weighted by Gasteiger charge is 2.30. The molecule has 4 amide bonds. The highest BCUT2D eigenvalue weighted by Crippen LogP contribution is 2.05. The fraction of sp³-hybridized carbons (Fsp3) is 0.700. The standard InChI is InChI=1S/C20H38N8O7/c1-10(2)8-11(21)16(31)28-14(9-29)18(33)26-12(5-6-15(22)30)17(32)27-13(19(34)35)4-3-7-25-20(23)24/h10-14,29H,3-9,21H2,1-2H3,(H2,22,30)(H,26,33)(H,27,32)(H,28,31)(H,34,35)(H4,23,24,25). The Morgan fingerprint density at radius 1 is 0.857 bits per heavy atom. The normalized spacial score (nSPS) is 14.2. The highest BCUT2D eigenvalue weighted by molar-refractivity contribution is 5.94. The van der Waals surface area contributed by atoms with E-state index in [1.807, 2.05) is 13.8 Å². The van der Waals surface area contributed by atoms with Crippen molar-refractivity contribution < 1.29 is 34.2 Å². The number of carbonyl (C=O) groups excluding carboxylic acids is 4. The lowest BCUT2D eigenvalue weighted by atomic mass is 10.0. The number of hydrogen-bond donors (Lipinski definition) is 9. The number of rotatable bonds is 17. The average Bonchev–Trinajstić information content (AvgIpc) is 2.75. The van der Waals surface area contributed by atoms with Crippen LogP contribution >= 0.6 is 0 Å². The first-order valence-electron chi connectivity index (χ1n) is 11.1. The molecule has 35 heavy (non-hydrogen) atoms. The molecule has 4 unspecified atom stereocenters. The van der Waals surface area contributed by atoms with Crippen molar-refractivity contribution in [1.82, 2.24) is 16.0 Å². The number of aliphatic imine (C=N–C) groups is 1. The Labute approximate surface area is 203 Å². The Bertz CT molecular complexity index is 771. The molecule has 200 valence electrons. The summed E-state index contributed by atoms with van der Waals surface area (Å²) in [6.07, 6.45) is 0.0251. The van der Waals surface area contributed by atoms with E-state index in [1.165, 1.54) is 0 Å². The molecule has 4 atom stereocenters. The molecule has 0 rings (SSSR count). The van der Waals surface area contributed by atoms with Crippen LogP contribution in [0.1, 0.15) is 46.0 Å². The fourth-order valence-corrected chi connectivity index (χ4v) is 2.95. The Kier molecular flexibility index (Phi) is 14.6. The molecule has 0 aliphatic carbocycles. The van der Waals surface area contributed by atoms with Crippen molar-refractivity contribution in [3.05, 3.63) is 0 Å². The monoisotopic (exact) mass is 502 g/mol. The van der Waals surface area contributed by atoms with Crippen LogP contribution in [0.2, 0.25) is 0 Å². The molecule has 0 heterocycles. The molecular formula is C20H38N8O7. The number of nitrogens with one attached hydrogen (secondary N) is 3. The quantitative estimate of drug-likeness (QED) is 0.0531. The highest BCUT2D eigenvalue weighted by atomic mass is 16.4. The van der Waals surface area contributed by atoms with Gasteiger partial charge < -0.3 is 49.1 Å². The zero-order valence-corrected chi connectivity index (χ0v) is 20.0. The Morgan fingerprint density at radius 2 is 1.40 bits per heavy atom. The van der Waals surface area contributed by atoms with Crippen molar-refractivity contribution in [2.75, 3.05) is 13.2 Å². The van der Waals surface area contributed by atoms with Gasteiger partial charge in [0.25, 0.3) is 0 Å². The predicted molar refractivity (Wildman–Crippen MR) is 126 cm³/mol. The summed E-state index contributed by atoms with van der Waals surface area (Å²) >= 11 is 0. The predicted octanol–water partition coefficient (Wildman–Crippen LogP) is -3.79. The van der Waals surface area contributed by atoms with Gasteiger partial charge in [0, 0.05) is 13.0 Å². The third kappa shape index (κ3) is 13.7. The third-order valence-electron chi connectivity index (χ3n) is 4.75. The number of nitrogens with zero attached hydrogens (tertiary/aromatic N) is 1.